The number of nitrogens with two attached hydrogens (primary N) is 1. The average Bonchev–Trinajstić information content (AvgIpc) is 2.83. The molecule has 0 spiro atoms. The number of aromatic nitrogens is 2. The molecule has 112 valence electrons. The van der Waals surface area contributed by atoms with Gasteiger partial charge in [-0.2, -0.15) is 4.31 Å². The predicted octanol–water partition coefficient (Wildman–Crippen LogP) is 2.03. The third-order valence-corrected chi connectivity index (χ3v) is 5.76. The highest BCUT2D eigenvalue weighted by Gasteiger charge is 2.33. The molecule has 2 N–H and O–H groups in total. The van der Waals surface area contributed by atoms with Gasteiger partial charge in [-0.1, -0.05) is 13.8 Å². The number of fused-ring (bicyclic) bond motifs is 1. The number of nitrogens with zero attached hydrogens (tertiary/aromatic N) is 3. The van der Waals surface area contributed by atoms with Gasteiger partial charge in [-0.05, 0) is 19.8 Å². The fourth-order valence-corrected chi connectivity index (χ4v) is 4.85. The van der Waals surface area contributed by atoms with E-state index in [1.54, 1.807) is 16.0 Å². The monoisotopic (exact) mass is 316 g/mol. The van der Waals surface area contributed by atoms with Gasteiger partial charge in [0, 0.05) is 24.2 Å². The predicted molar refractivity (Wildman–Crippen MR) is 81.3 cm³/mol. The molecular weight excluding hydrogens is 296 g/mol. The number of hydrogen-bond acceptors (Lipinski definition) is 5. The molecule has 0 radical (unpaired) electrons. The second kappa shape index (κ2) is 5.34. The third-order valence-electron chi connectivity index (χ3n) is 2.92. The second-order valence-corrected chi connectivity index (χ2v) is 8.10. The summed E-state index contributed by atoms with van der Waals surface area (Å²) < 4.78 is 28.8. The van der Waals surface area contributed by atoms with E-state index in [1.165, 1.54) is 15.6 Å². The Morgan fingerprint density at radius 2 is 2.05 bits per heavy atom. The molecule has 0 fully saturated rings. The van der Waals surface area contributed by atoms with E-state index in [9.17, 15) is 8.42 Å². The van der Waals surface area contributed by atoms with Crippen LogP contribution in [0.5, 0.6) is 0 Å². The summed E-state index contributed by atoms with van der Waals surface area (Å²) in [5, 5.41) is 1.87. The molecule has 0 aliphatic rings. The topological polar surface area (TPSA) is 80.7 Å². The molecular formula is C12H20N4O2S2. The molecule has 0 atom stereocenters. The maximum atomic E-state index is 12.9. The first kappa shape index (κ1) is 15.3. The molecule has 0 aromatic carbocycles. The van der Waals surface area contributed by atoms with Crippen LogP contribution in [-0.4, -0.2) is 34.7 Å². The van der Waals surface area contributed by atoms with Crippen molar-refractivity contribution in [2.45, 2.75) is 38.8 Å². The maximum absolute atomic E-state index is 12.9. The van der Waals surface area contributed by atoms with Crippen LogP contribution in [0.15, 0.2) is 16.6 Å². The van der Waals surface area contributed by atoms with E-state index < -0.39 is 10.0 Å². The maximum Gasteiger partial charge on any atom is 0.263 e. The number of anilines is 1. The van der Waals surface area contributed by atoms with Gasteiger partial charge in [0.25, 0.3) is 10.0 Å². The van der Waals surface area contributed by atoms with Crippen LogP contribution in [0, 0.1) is 5.92 Å². The Labute approximate surface area is 123 Å². The molecule has 2 heterocycles. The molecule has 0 aliphatic heterocycles. The van der Waals surface area contributed by atoms with Crippen molar-refractivity contribution in [3.8, 4) is 0 Å². The number of sulfonamides is 1. The van der Waals surface area contributed by atoms with Gasteiger partial charge in [0.1, 0.15) is 0 Å². The van der Waals surface area contributed by atoms with Gasteiger partial charge in [0.2, 0.25) is 0 Å². The van der Waals surface area contributed by atoms with Gasteiger partial charge >= 0.3 is 0 Å². The smallest absolute Gasteiger partial charge is 0.263 e. The Bertz CT molecular complexity index is 700. The Balaban J connectivity index is 2.57. The molecule has 20 heavy (non-hydrogen) atoms. The van der Waals surface area contributed by atoms with Crippen molar-refractivity contribution in [3.05, 3.63) is 11.6 Å². The van der Waals surface area contributed by atoms with Crippen molar-refractivity contribution in [2.24, 2.45) is 5.92 Å². The fraction of sp³-hybridized carbons (Fsp3) is 0.583. The number of hydrogen-bond donors (Lipinski definition) is 1. The van der Waals surface area contributed by atoms with Crippen molar-refractivity contribution >= 4 is 32.1 Å². The quantitative estimate of drug-likeness (QED) is 0.915. The molecule has 2 aromatic heterocycles. The van der Waals surface area contributed by atoms with Crippen LogP contribution in [0.4, 0.5) is 5.82 Å². The van der Waals surface area contributed by atoms with E-state index in [0.29, 0.717) is 11.5 Å². The second-order valence-electron chi connectivity index (χ2n) is 5.42. The van der Waals surface area contributed by atoms with Crippen LogP contribution in [0.3, 0.4) is 0 Å². The summed E-state index contributed by atoms with van der Waals surface area (Å²) in [4.78, 5) is 4.71. The molecule has 0 amide bonds. The highest BCUT2D eigenvalue weighted by molar-refractivity contribution is 7.89. The van der Waals surface area contributed by atoms with Crippen LogP contribution in [-0.2, 0) is 10.0 Å². The third kappa shape index (κ3) is 2.55. The van der Waals surface area contributed by atoms with Crippen LogP contribution in [0.25, 0.3) is 4.96 Å². The van der Waals surface area contributed by atoms with E-state index in [4.69, 9.17) is 5.73 Å². The van der Waals surface area contributed by atoms with Crippen molar-refractivity contribution in [1.29, 1.82) is 0 Å². The van der Waals surface area contributed by atoms with Crippen LogP contribution in [0.1, 0.15) is 27.7 Å². The van der Waals surface area contributed by atoms with Gasteiger partial charge in [0.05, 0.1) is 0 Å². The van der Waals surface area contributed by atoms with Crippen molar-refractivity contribution in [3.63, 3.8) is 0 Å². The minimum Gasteiger partial charge on any atom is -0.381 e. The zero-order valence-corrected chi connectivity index (χ0v) is 13.7. The average molecular weight is 316 g/mol. The van der Waals surface area contributed by atoms with Gasteiger partial charge < -0.3 is 5.73 Å². The number of nitrogen functional groups attached to an aromatic ring is 1. The van der Waals surface area contributed by atoms with E-state index in [1.807, 2.05) is 27.7 Å². The lowest BCUT2D eigenvalue weighted by Gasteiger charge is -2.27. The van der Waals surface area contributed by atoms with E-state index in [0.717, 1.165) is 0 Å². The fourth-order valence-electron chi connectivity index (χ4n) is 2.10. The van der Waals surface area contributed by atoms with Crippen LogP contribution in [0.2, 0.25) is 0 Å². The van der Waals surface area contributed by atoms with Crippen molar-refractivity contribution in [2.75, 3.05) is 12.3 Å². The first-order valence-corrected chi connectivity index (χ1v) is 8.80. The van der Waals surface area contributed by atoms with Gasteiger partial charge in [-0.3, -0.25) is 4.40 Å². The Morgan fingerprint density at radius 3 is 2.60 bits per heavy atom. The lowest BCUT2D eigenvalue weighted by atomic mass is 10.2. The Hall–Kier alpha value is -1.12. The van der Waals surface area contributed by atoms with Gasteiger partial charge in [-0.15, -0.1) is 11.3 Å². The van der Waals surface area contributed by atoms with Crippen molar-refractivity contribution in [1.82, 2.24) is 13.7 Å². The molecule has 2 rings (SSSR count). The lowest BCUT2D eigenvalue weighted by molar-refractivity contribution is 0.318. The van der Waals surface area contributed by atoms with E-state index in [-0.39, 0.29) is 22.8 Å². The van der Waals surface area contributed by atoms with Gasteiger partial charge in [-0.25, -0.2) is 13.4 Å². The highest BCUT2D eigenvalue weighted by atomic mass is 32.2. The van der Waals surface area contributed by atoms with E-state index in [2.05, 4.69) is 4.98 Å². The molecule has 8 heteroatoms. The molecule has 0 aliphatic carbocycles. The summed E-state index contributed by atoms with van der Waals surface area (Å²) in [6.07, 6.45) is 1.68. The lowest BCUT2D eigenvalue weighted by Crippen LogP contribution is -2.40. The van der Waals surface area contributed by atoms with Crippen LogP contribution < -0.4 is 5.73 Å². The summed E-state index contributed by atoms with van der Waals surface area (Å²) >= 11 is 1.36. The van der Waals surface area contributed by atoms with E-state index >= 15 is 0 Å². The number of rotatable bonds is 5. The zero-order chi connectivity index (χ0) is 15.1. The zero-order valence-electron chi connectivity index (χ0n) is 12.1. The normalized spacial score (nSPS) is 13.2. The first-order chi connectivity index (χ1) is 9.25. The molecule has 6 nitrogen and oxygen atoms in total. The minimum atomic E-state index is -3.66. The molecule has 0 saturated heterocycles. The first-order valence-electron chi connectivity index (χ1n) is 6.48. The van der Waals surface area contributed by atoms with Crippen LogP contribution >= 0.6 is 11.3 Å². The van der Waals surface area contributed by atoms with Gasteiger partial charge in [0.15, 0.2) is 15.8 Å². The summed E-state index contributed by atoms with van der Waals surface area (Å²) in [6, 6.07) is -0.133. The Morgan fingerprint density at radius 1 is 1.40 bits per heavy atom. The molecule has 0 saturated carbocycles. The standard InChI is InChI=1S/C12H20N4O2S2/c1-8(2)7-16(9(3)4)20(17,18)11-10(13)14-12-15(11)5-6-19-12/h5-6,8-9H,7,13H2,1-4H3. The largest absolute Gasteiger partial charge is 0.381 e. The number of thiazole rings is 1. The highest BCUT2D eigenvalue weighted by Crippen LogP contribution is 2.27. The summed E-state index contributed by atoms with van der Waals surface area (Å²) in [6.45, 7) is 8.16. The molecule has 0 unspecified atom stereocenters. The minimum absolute atomic E-state index is 0.0613. The summed E-state index contributed by atoms with van der Waals surface area (Å²) in [7, 11) is -3.66. The summed E-state index contributed by atoms with van der Waals surface area (Å²) in [5.41, 5.74) is 5.82. The SMILES string of the molecule is CC(C)CN(C(C)C)S(=O)(=O)c1c(N)nc2sccn12. The molecule has 2 aromatic rings. The summed E-state index contributed by atoms with van der Waals surface area (Å²) in [5.74, 6) is 0.297. The Kier molecular flexibility index (Phi) is 4.08. The number of imidazole rings is 1. The van der Waals surface area contributed by atoms with Crippen molar-refractivity contribution < 1.29 is 8.42 Å². The molecule has 0 bridgehead atoms.